The van der Waals surface area contributed by atoms with Crippen LogP contribution in [0, 0.1) is 11.8 Å². The zero-order chi connectivity index (χ0) is 26.4. The van der Waals surface area contributed by atoms with Gasteiger partial charge in [-0.3, -0.25) is 19.5 Å². The van der Waals surface area contributed by atoms with E-state index >= 15 is 0 Å². The molecule has 3 heterocycles. The van der Waals surface area contributed by atoms with E-state index in [0.29, 0.717) is 34.1 Å². The second-order valence-corrected chi connectivity index (χ2v) is 12.1. The quantitative estimate of drug-likeness (QED) is 0.326. The SMILES string of the molecule is CC(C)C(=O)c1ccc2c(c1)[C@H]1CC[C@@H]2N1CC[C@H]1CC[C@H](NC(=O)c2ccc(Cl)c3ncccc23)CC1. The molecule has 5 nitrogen and oxygen atoms in total. The molecule has 2 bridgehead atoms. The van der Waals surface area contributed by atoms with Gasteiger partial charge in [-0.1, -0.05) is 43.6 Å². The highest BCUT2D eigenvalue weighted by atomic mass is 35.5. The van der Waals surface area contributed by atoms with Crippen LogP contribution in [0.15, 0.2) is 48.7 Å². The lowest BCUT2D eigenvalue weighted by atomic mass is 9.84. The molecule has 1 saturated carbocycles. The van der Waals surface area contributed by atoms with E-state index in [2.05, 4.69) is 27.3 Å². The third-order valence-corrected chi connectivity index (χ3v) is 9.38. The van der Waals surface area contributed by atoms with Crippen molar-refractivity contribution in [1.82, 2.24) is 15.2 Å². The summed E-state index contributed by atoms with van der Waals surface area (Å²) in [4.78, 5) is 32.7. The number of aromatic nitrogens is 1. The number of fused-ring (bicyclic) bond motifs is 6. The Labute approximate surface area is 230 Å². The first kappa shape index (κ1) is 25.5. The number of rotatable bonds is 7. The number of halogens is 1. The first-order valence-electron chi connectivity index (χ1n) is 14.2. The summed E-state index contributed by atoms with van der Waals surface area (Å²) in [6.45, 7) is 5.07. The summed E-state index contributed by atoms with van der Waals surface area (Å²) in [5, 5.41) is 4.64. The molecule has 2 fully saturated rings. The second kappa shape index (κ2) is 10.4. The van der Waals surface area contributed by atoms with E-state index in [-0.39, 0.29) is 23.7 Å². The maximum absolute atomic E-state index is 13.1. The topological polar surface area (TPSA) is 62.3 Å². The van der Waals surface area contributed by atoms with E-state index in [1.165, 1.54) is 30.4 Å². The Morgan fingerprint density at radius 3 is 2.53 bits per heavy atom. The fraction of sp³-hybridized carbons (Fsp3) is 0.469. The molecule has 38 heavy (non-hydrogen) atoms. The number of nitrogens with zero attached hydrogens (tertiary/aromatic N) is 2. The predicted octanol–water partition coefficient (Wildman–Crippen LogP) is 7.30. The standard InChI is InChI=1S/C32H36ClN3O2/c1-19(2)31(37)21-7-10-23-26(18-21)29-14-13-28(23)36(29)17-15-20-5-8-22(9-6-20)35-32(38)25-11-12-27(33)30-24(25)4-3-16-34-30/h3-4,7,10-12,16,18-20,22,28-29H,5-6,8-9,13-15,17H2,1-2H3,(H,35,38)/t20-,22-,28-,29+/m0/s1. The highest BCUT2D eigenvalue weighted by Crippen LogP contribution is 2.53. The fourth-order valence-electron chi connectivity index (χ4n) is 7.02. The van der Waals surface area contributed by atoms with E-state index in [9.17, 15) is 9.59 Å². The smallest absolute Gasteiger partial charge is 0.252 e. The van der Waals surface area contributed by atoms with Crippen molar-refractivity contribution >= 4 is 34.2 Å². The van der Waals surface area contributed by atoms with Crippen LogP contribution < -0.4 is 5.32 Å². The molecule has 6 rings (SSSR count). The van der Waals surface area contributed by atoms with Gasteiger partial charge in [-0.2, -0.15) is 0 Å². The highest BCUT2D eigenvalue weighted by molar-refractivity contribution is 6.35. The first-order chi connectivity index (χ1) is 18.4. The Balaban J connectivity index is 1.03. The minimum atomic E-state index is -0.0372. The highest BCUT2D eigenvalue weighted by Gasteiger charge is 2.43. The van der Waals surface area contributed by atoms with Gasteiger partial charge < -0.3 is 5.32 Å². The molecule has 1 aromatic heterocycles. The van der Waals surface area contributed by atoms with Gasteiger partial charge in [-0.05, 0) is 92.8 Å². The van der Waals surface area contributed by atoms with Gasteiger partial charge in [0.15, 0.2) is 5.78 Å². The third kappa shape index (κ3) is 4.65. The average Bonchev–Trinajstić information content (AvgIpc) is 3.48. The number of benzene rings is 2. The Kier molecular flexibility index (Phi) is 7.00. The minimum Gasteiger partial charge on any atom is -0.349 e. The van der Waals surface area contributed by atoms with Crippen molar-refractivity contribution < 1.29 is 9.59 Å². The zero-order valence-corrected chi connectivity index (χ0v) is 23.0. The number of Topliss-reactive ketones (excluding diaryl/α,β-unsaturated/α-hetero) is 1. The summed E-state index contributed by atoms with van der Waals surface area (Å²) >= 11 is 6.29. The largest absolute Gasteiger partial charge is 0.349 e. The molecule has 3 aromatic rings. The molecule has 1 N–H and O–H groups in total. The summed E-state index contributed by atoms with van der Waals surface area (Å²) in [6, 6.07) is 14.9. The van der Waals surface area contributed by atoms with E-state index in [1.54, 1.807) is 18.3 Å². The summed E-state index contributed by atoms with van der Waals surface area (Å²) in [5.74, 6) is 0.937. The van der Waals surface area contributed by atoms with Crippen LogP contribution in [0.2, 0.25) is 5.02 Å². The number of carbonyl (C=O) groups is 2. The van der Waals surface area contributed by atoms with Crippen molar-refractivity contribution in [2.45, 2.75) is 76.9 Å². The van der Waals surface area contributed by atoms with E-state index in [1.807, 2.05) is 32.0 Å². The second-order valence-electron chi connectivity index (χ2n) is 11.7. The van der Waals surface area contributed by atoms with Gasteiger partial charge in [0.2, 0.25) is 0 Å². The molecule has 0 radical (unpaired) electrons. The number of amides is 1. The Bertz CT molecular complexity index is 1380. The summed E-state index contributed by atoms with van der Waals surface area (Å²) in [6.07, 6.45) is 9.67. The van der Waals surface area contributed by atoms with Crippen LogP contribution in [-0.2, 0) is 0 Å². The van der Waals surface area contributed by atoms with Gasteiger partial charge in [0, 0.05) is 46.8 Å². The molecule has 1 aliphatic carbocycles. The van der Waals surface area contributed by atoms with Gasteiger partial charge in [0.25, 0.3) is 5.91 Å². The summed E-state index contributed by atoms with van der Waals surface area (Å²) in [7, 11) is 0. The predicted molar refractivity (Wildman–Crippen MR) is 152 cm³/mol. The molecule has 2 atom stereocenters. The molecule has 198 valence electrons. The van der Waals surface area contributed by atoms with E-state index < -0.39 is 0 Å². The van der Waals surface area contributed by atoms with Crippen LogP contribution >= 0.6 is 11.6 Å². The molecular formula is C32H36ClN3O2. The van der Waals surface area contributed by atoms with Crippen molar-refractivity contribution in [1.29, 1.82) is 0 Å². The lowest BCUT2D eigenvalue weighted by Crippen LogP contribution is -2.38. The van der Waals surface area contributed by atoms with Crippen molar-refractivity contribution in [3.05, 3.63) is 75.9 Å². The molecule has 3 aliphatic rings. The molecular weight excluding hydrogens is 494 g/mol. The van der Waals surface area contributed by atoms with Crippen molar-refractivity contribution in [2.75, 3.05) is 6.54 Å². The minimum absolute atomic E-state index is 0.0326. The molecule has 0 spiro atoms. The Morgan fingerprint density at radius 2 is 1.76 bits per heavy atom. The monoisotopic (exact) mass is 529 g/mol. The normalized spacial score (nSPS) is 24.6. The van der Waals surface area contributed by atoms with Crippen molar-refractivity contribution in [3.63, 3.8) is 0 Å². The lowest BCUT2D eigenvalue weighted by molar-refractivity contribution is 0.0917. The van der Waals surface area contributed by atoms with Crippen LogP contribution in [0.25, 0.3) is 10.9 Å². The van der Waals surface area contributed by atoms with E-state index in [0.717, 1.165) is 43.2 Å². The Hall–Kier alpha value is -2.76. The third-order valence-electron chi connectivity index (χ3n) is 9.07. The maximum Gasteiger partial charge on any atom is 0.252 e. The molecule has 6 heteroatoms. The Morgan fingerprint density at radius 1 is 1.00 bits per heavy atom. The first-order valence-corrected chi connectivity index (χ1v) is 14.6. The van der Waals surface area contributed by atoms with Crippen molar-refractivity contribution in [2.24, 2.45) is 11.8 Å². The van der Waals surface area contributed by atoms with Crippen molar-refractivity contribution in [3.8, 4) is 0 Å². The summed E-state index contributed by atoms with van der Waals surface area (Å²) < 4.78 is 0. The molecule has 2 aliphatic heterocycles. The number of pyridine rings is 1. The van der Waals surface area contributed by atoms with Gasteiger partial charge in [0.1, 0.15) is 0 Å². The van der Waals surface area contributed by atoms with Gasteiger partial charge in [-0.15, -0.1) is 0 Å². The molecule has 2 aromatic carbocycles. The van der Waals surface area contributed by atoms with Gasteiger partial charge in [0.05, 0.1) is 10.5 Å². The average molecular weight is 530 g/mol. The lowest BCUT2D eigenvalue weighted by Gasteiger charge is -2.31. The van der Waals surface area contributed by atoms with Gasteiger partial charge in [-0.25, -0.2) is 0 Å². The van der Waals surface area contributed by atoms with Crippen LogP contribution in [0.4, 0.5) is 0 Å². The van der Waals surface area contributed by atoms with Crippen LogP contribution in [0.5, 0.6) is 0 Å². The van der Waals surface area contributed by atoms with Gasteiger partial charge >= 0.3 is 0 Å². The van der Waals surface area contributed by atoms with Crippen LogP contribution in [0.3, 0.4) is 0 Å². The molecule has 0 unspecified atom stereocenters. The number of nitrogens with one attached hydrogen (secondary N) is 1. The number of hydrogen-bond acceptors (Lipinski definition) is 4. The zero-order valence-electron chi connectivity index (χ0n) is 22.3. The number of carbonyl (C=O) groups excluding carboxylic acids is 2. The summed E-state index contributed by atoms with van der Waals surface area (Å²) in [5.41, 5.74) is 5.02. The maximum atomic E-state index is 13.1. The van der Waals surface area contributed by atoms with Crippen LogP contribution in [-0.4, -0.2) is 34.2 Å². The number of ketones is 1. The van der Waals surface area contributed by atoms with E-state index in [4.69, 9.17) is 11.6 Å². The fourth-order valence-corrected chi connectivity index (χ4v) is 7.24. The number of hydrogen-bond donors (Lipinski definition) is 1. The molecule has 1 amide bonds. The molecule has 1 saturated heterocycles. The van der Waals surface area contributed by atoms with Crippen LogP contribution in [0.1, 0.15) is 103 Å².